The van der Waals surface area contributed by atoms with E-state index < -0.39 is 0 Å². The number of rotatable bonds is 5. The van der Waals surface area contributed by atoms with Gasteiger partial charge in [0.2, 0.25) is 0 Å². The molecule has 0 spiro atoms. The van der Waals surface area contributed by atoms with Gasteiger partial charge in [0, 0.05) is 24.2 Å². The lowest BCUT2D eigenvalue weighted by Crippen LogP contribution is -2.51. The van der Waals surface area contributed by atoms with Crippen LogP contribution in [0.25, 0.3) is 0 Å². The molecule has 2 rings (SSSR count). The minimum atomic E-state index is -0.381. The van der Waals surface area contributed by atoms with Crippen molar-refractivity contribution in [2.75, 3.05) is 6.61 Å². The topological polar surface area (TPSA) is 75.4 Å². The molecule has 0 heterocycles. The van der Waals surface area contributed by atoms with Crippen molar-refractivity contribution < 1.29 is 10.0 Å². The van der Waals surface area contributed by atoms with Crippen LogP contribution in [-0.2, 0) is 6.54 Å². The molecule has 0 bridgehead atoms. The third-order valence-corrected chi connectivity index (χ3v) is 4.18. The van der Waals surface area contributed by atoms with Gasteiger partial charge in [0.05, 0.1) is 11.5 Å². The summed E-state index contributed by atoms with van der Waals surface area (Å²) in [5.41, 5.74) is 0.757. The Balaban J connectivity index is 2.03. The molecule has 110 valence electrons. The molecule has 0 aromatic heterocycles. The van der Waals surface area contributed by atoms with Crippen LogP contribution in [0.3, 0.4) is 0 Å². The summed E-state index contributed by atoms with van der Waals surface area (Å²) in [5.74, 6) is 0.605. The van der Waals surface area contributed by atoms with Crippen molar-refractivity contribution in [1.29, 1.82) is 0 Å². The van der Waals surface area contributed by atoms with Crippen LogP contribution in [0.4, 0.5) is 5.69 Å². The summed E-state index contributed by atoms with van der Waals surface area (Å²) >= 11 is 0. The van der Waals surface area contributed by atoms with Gasteiger partial charge in [-0.1, -0.05) is 31.9 Å². The van der Waals surface area contributed by atoms with Crippen LogP contribution < -0.4 is 5.32 Å². The number of hydrogen-bond acceptors (Lipinski definition) is 4. The van der Waals surface area contributed by atoms with Gasteiger partial charge in [-0.25, -0.2) is 0 Å². The second-order valence-corrected chi connectivity index (χ2v) is 5.92. The molecular weight excluding hydrogens is 256 g/mol. The Morgan fingerprint density at radius 3 is 3.00 bits per heavy atom. The molecule has 20 heavy (non-hydrogen) atoms. The van der Waals surface area contributed by atoms with Gasteiger partial charge in [-0.05, 0) is 24.3 Å². The Labute approximate surface area is 119 Å². The standard InChI is InChI=1S/C15H22N2O3/c1-12-4-3-7-15(9-12,11-18)16-10-13-5-2-6-14(8-13)17(19)20/h2,5-6,8,12,16,18H,3-4,7,9-11H2,1H3. The van der Waals surface area contributed by atoms with E-state index in [2.05, 4.69) is 12.2 Å². The molecule has 0 radical (unpaired) electrons. The smallest absolute Gasteiger partial charge is 0.269 e. The summed E-state index contributed by atoms with van der Waals surface area (Å²) in [6.45, 7) is 2.87. The average molecular weight is 278 g/mol. The zero-order valence-electron chi connectivity index (χ0n) is 11.8. The number of non-ortho nitro benzene ring substituents is 1. The van der Waals surface area contributed by atoms with Gasteiger partial charge in [-0.3, -0.25) is 10.1 Å². The normalized spacial score (nSPS) is 26.4. The maximum absolute atomic E-state index is 10.8. The van der Waals surface area contributed by atoms with Crippen LogP contribution in [0.2, 0.25) is 0 Å². The van der Waals surface area contributed by atoms with E-state index in [1.807, 2.05) is 6.07 Å². The highest BCUT2D eigenvalue weighted by Gasteiger charge is 2.33. The van der Waals surface area contributed by atoms with Gasteiger partial charge in [-0.15, -0.1) is 0 Å². The first-order valence-electron chi connectivity index (χ1n) is 7.14. The summed E-state index contributed by atoms with van der Waals surface area (Å²) in [7, 11) is 0. The van der Waals surface area contributed by atoms with Crippen molar-refractivity contribution in [3.63, 3.8) is 0 Å². The lowest BCUT2D eigenvalue weighted by atomic mass is 9.77. The molecule has 2 atom stereocenters. The van der Waals surface area contributed by atoms with E-state index in [9.17, 15) is 15.2 Å². The minimum absolute atomic E-state index is 0.111. The molecule has 1 fully saturated rings. The van der Waals surface area contributed by atoms with Gasteiger partial charge < -0.3 is 10.4 Å². The maximum atomic E-state index is 10.8. The Bertz CT molecular complexity index is 478. The Kier molecular flexibility index (Phi) is 4.73. The van der Waals surface area contributed by atoms with Crippen molar-refractivity contribution in [3.05, 3.63) is 39.9 Å². The summed E-state index contributed by atoms with van der Waals surface area (Å²) in [6, 6.07) is 6.65. The average Bonchev–Trinajstić information content (AvgIpc) is 2.45. The van der Waals surface area contributed by atoms with E-state index in [-0.39, 0.29) is 22.8 Å². The van der Waals surface area contributed by atoms with Gasteiger partial charge in [0.25, 0.3) is 5.69 Å². The van der Waals surface area contributed by atoms with Crippen molar-refractivity contribution in [2.24, 2.45) is 5.92 Å². The van der Waals surface area contributed by atoms with Crippen molar-refractivity contribution >= 4 is 5.69 Å². The third kappa shape index (κ3) is 3.55. The van der Waals surface area contributed by atoms with Gasteiger partial charge >= 0.3 is 0 Å². The lowest BCUT2D eigenvalue weighted by Gasteiger charge is -2.39. The van der Waals surface area contributed by atoms with E-state index >= 15 is 0 Å². The van der Waals surface area contributed by atoms with Gasteiger partial charge in [0.15, 0.2) is 0 Å². The molecule has 2 N–H and O–H groups in total. The van der Waals surface area contributed by atoms with Crippen molar-refractivity contribution in [3.8, 4) is 0 Å². The number of nitro benzene ring substituents is 1. The van der Waals surface area contributed by atoms with Gasteiger partial charge in [-0.2, -0.15) is 0 Å². The molecule has 0 aliphatic heterocycles. The summed E-state index contributed by atoms with van der Waals surface area (Å²) in [6.07, 6.45) is 4.24. The number of benzene rings is 1. The molecular formula is C15H22N2O3. The van der Waals surface area contributed by atoms with Gasteiger partial charge in [0.1, 0.15) is 0 Å². The molecule has 1 aliphatic rings. The number of nitrogens with zero attached hydrogens (tertiary/aromatic N) is 1. The van der Waals surface area contributed by atoms with E-state index in [0.717, 1.165) is 24.8 Å². The first kappa shape index (κ1) is 14.9. The van der Waals surface area contributed by atoms with E-state index in [1.165, 1.54) is 12.5 Å². The Morgan fingerprint density at radius 2 is 2.35 bits per heavy atom. The largest absolute Gasteiger partial charge is 0.394 e. The summed E-state index contributed by atoms with van der Waals surface area (Å²) in [5, 5.41) is 23.9. The number of aliphatic hydroxyl groups excluding tert-OH is 1. The summed E-state index contributed by atoms with van der Waals surface area (Å²) in [4.78, 5) is 10.4. The van der Waals surface area contributed by atoms with Crippen molar-refractivity contribution in [2.45, 2.75) is 44.7 Å². The highest BCUT2D eigenvalue weighted by atomic mass is 16.6. The monoisotopic (exact) mass is 278 g/mol. The fourth-order valence-electron chi connectivity index (χ4n) is 3.09. The van der Waals surface area contributed by atoms with E-state index in [1.54, 1.807) is 12.1 Å². The molecule has 1 aromatic carbocycles. The zero-order chi connectivity index (χ0) is 14.6. The van der Waals surface area contributed by atoms with Crippen LogP contribution in [0.15, 0.2) is 24.3 Å². The van der Waals surface area contributed by atoms with Crippen LogP contribution in [-0.4, -0.2) is 22.2 Å². The van der Waals surface area contributed by atoms with Crippen LogP contribution in [0.5, 0.6) is 0 Å². The first-order chi connectivity index (χ1) is 9.54. The molecule has 1 aromatic rings. The fraction of sp³-hybridized carbons (Fsp3) is 0.600. The zero-order valence-corrected chi connectivity index (χ0v) is 11.8. The predicted octanol–water partition coefficient (Wildman–Crippen LogP) is 2.63. The lowest BCUT2D eigenvalue weighted by molar-refractivity contribution is -0.384. The number of hydrogen-bond donors (Lipinski definition) is 2. The number of nitrogens with one attached hydrogen (secondary N) is 1. The SMILES string of the molecule is CC1CCCC(CO)(NCc2cccc([N+](=O)[O-])c2)C1. The Morgan fingerprint density at radius 1 is 1.55 bits per heavy atom. The van der Waals surface area contributed by atoms with E-state index in [4.69, 9.17) is 0 Å². The van der Waals surface area contributed by atoms with Crippen LogP contribution >= 0.6 is 0 Å². The molecule has 0 saturated heterocycles. The Hall–Kier alpha value is -1.46. The minimum Gasteiger partial charge on any atom is -0.394 e. The fourth-order valence-corrected chi connectivity index (χ4v) is 3.09. The highest BCUT2D eigenvalue weighted by Crippen LogP contribution is 2.32. The molecule has 1 saturated carbocycles. The van der Waals surface area contributed by atoms with Crippen LogP contribution in [0, 0.1) is 16.0 Å². The third-order valence-electron chi connectivity index (χ3n) is 4.18. The molecule has 5 nitrogen and oxygen atoms in total. The first-order valence-corrected chi connectivity index (χ1v) is 7.14. The maximum Gasteiger partial charge on any atom is 0.269 e. The number of nitro groups is 1. The summed E-state index contributed by atoms with van der Waals surface area (Å²) < 4.78 is 0. The predicted molar refractivity (Wildman–Crippen MR) is 77.4 cm³/mol. The van der Waals surface area contributed by atoms with Crippen molar-refractivity contribution in [1.82, 2.24) is 5.32 Å². The van der Waals surface area contributed by atoms with Crippen LogP contribution in [0.1, 0.15) is 38.2 Å². The second kappa shape index (κ2) is 6.33. The van der Waals surface area contributed by atoms with E-state index in [0.29, 0.717) is 12.5 Å². The molecule has 1 aliphatic carbocycles. The quantitative estimate of drug-likeness (QED) is 0.641. The molecule has 2 unspecified atom stereocenters. The molecule has 0 amide bonds. The molecule has 5 heteroatoms. The highest BCUT2D eigenvalue weighted by molar-refractivity contribution is 5.34. The number of aliphatic hydroxyl groups is 1. The second-order valence-electron chi connectivity index (χ2n) is 5.92.